The summed E-state index contributed by atoms with van der Waals surface area (Å²) in [5.41, 5.74) is 3.73. The summed E-state index contributed by atoms with van der Waals surface area (Å²) in [7, 11) is 3.13. The zero-order valence-corrected chi connectivity index (χ0v) is 18.9. The number of rotatable bonds is 3. The number of carbonyl (C=O) groups excluding carboxylic acids is 3. The minimum Gasteiger partial charge on any atom is -0.345 e. The van der Waals surface area contributed by atoms with Crippen LogP contribution in [0.2, 0.25) is 0 Å². The van der Waals surface area contributed by atoms with Crippen LogP contribution < -0.4 is 10.6 Å². The highest BCUT2D eigenvalue weighted by Crippen LogP contribution is 2.33. The highest BCUT2D eigenvalue weighted by atomic mass is 19.1. The van der Waals surface area contributed by atoms with Gasteiger partial charge in [0.1, 0.15) is 5.82 Å². The van der Waals surface area contributed by atoms with Gasteiger partial charge in [0.05, 0.1) is 0 Å². The Morgan fingerprint density at radius 2 is 1.61 bits per heavy atom. The van der Waals surface area contributed by atoms with Gasteiger partial charge < -0.3 is 20.4 Å². The van der Waals surface area contributed by atoms with Gasteiger partial charge in [0, 0.05) is 38.9 Å². The number of amides is 4. The molecule has 0 radical (unpaired) electrons. The molecule has 1 aliphatic carbocycles. The van der Waals surface area contributed by atoms with Crippen molar-refractivity contribution in [2.45, 2.75) is 50.7 Å². The maximum atomic E-state index is 13.4. The molecule has 1 fully saturated rings. The summed E-state index contributed by atoms with van der Waals surface area (Å²) in [5, 5.41) is 5.76. The molecule has 8 heteroatoms. The van der Waals surface area contributed by atoms with Crippen molar-refractivity contribution in [2.24, 2.45) is 0 Å². The van der Waals surface area contributed by atoms with E-state index in [0.717, 1.165) is 36.8 Å². The lowest BCUT2D eigenvalue weighted by Crippen LogP contribution is -2.45. The first kappa shape index (κ1) is 22.8. The lowest BCUT2D eigenvalue weighted by atomic mass is 9.81. The van der Waals surface area contributed by atoms with Gasteiger partial charge in [-0.3, -0.25) is 9.59 Å². The monoisotopic (exact) mass is 452 g/mol. The number of hydrogen-bond acceptors (Lipinski definition) is 3. The lowest BCUT2D eigenvalue weighted by molar-refractivity contribution is -0.144. The van der Waals surface area contributed by atoms with Gasteiger partial charge in [0.2, 0.25) is 0 Å². The molecule has 7 nitrogen and oxygen atoms in total. The van der Waals surface area contributed by atoms with Crippen molar-refractivity contribution >= 4 is 23.5 Å². The van der Waals surface area contributed by atoms with E-state index in [9.17, 15) is 18.8 Å². The minimum absolute atomic E-state index is 0.0225. The van der Waals surface area contributed by atoms with Crippen molar-refractivity contribution in [1.29, 1.82) is 0 Å². The second-order valence-corrected chi connectivity index (χ2v) is 9.04. The van der Waals surface area contributed by atoms with Crippen molar-refractivity contribution in [1.82, 2.24) is 15.1 Å². The second kappa shape index (κ2) is 9.60. The molecule has 174 valence electrons. The molecule has 2 aliphatic rings. The van der Waals surface area contributed by atoms with Gasteiger partial charge in [-0.15, -0.1) is 0 Å². The van der Waals surface area contributed by atoms with E-state index < -0.39 is 11.8 Å². The largest absolute Gasteiger partial charge is 0.345 e. The van der Waals surface area contributed by atoms with Crippen molar-refractivity contribution in [2.75, 3.05) is 19.4 Å². The topological polar surface area (TPSA) is 81.8 Å². The summed E-state index contributed by atoms with van der Waals surface area (Å²) in [6.07, 6.45) is 3.50. The van der Waals surface area contributed by atoms with E-state index in [4.69, 9.17) is 0 Å². The molecule has 4 rings (SSSR count). The molecule has 0 saturated heterocycles. The van der Waals surface area contributed by atoms with Crippen molar-refractivity contribution < 1.29 is 18.8 Å². The van der Waals surface area contributed by atoms with Crippen LogP contribution in [0.15, 0.2) is 42.5 Å². The summed E-state index contributed by atoms with van der Waals surface area (Å²) < 4.78 is 13.4. The van der Waals surface area contributed by atoms with Gasteiger partial charge in [0.25, 0.3) is 0 Å². The normalized spacial score (nSPS) is 19.5. The number of anilines is 1. The SMILES string of the molecule is CN(C)C(=O)C(=O)NC1CCC(c2ccc(NC(=O)N3Cc4ccc(F)cc4C3)cc2)CC1. The van der Waals surface area contributed by atoms with E-state index in [1.54, 1.807) is 25.1 Å². The van der Waals surface area contributed by atoms with Gasteiger partial charge >= 0.3 is 17.8 Å². The third-order valence-corrected chi connectivity index (χ3v) is 6.47. The molecular weight excluding hydrogens is 423 g/mol. The van der Waals surface area contributed by atoms with Crippen LogP contribution in [0.4, 0.5) is 14.9 Å². The Bertz CT molecular complexity index is 1050. The molecule has 2 N–H and O–H groups in total. The maximum Gasteiger partial charge on any atom is 0.322 e. The van der Waals surface area contributed by atoms with Crippen LogP contribution in [0, 0.1) is 5.82 Å². The zero-order valence-electron chi connectivity index (χ0n) is 18.9. The van der Waals surface area contributed by atoms with E-state index in [1.807, 2.05) is 24.3 Å². The summed E-state index contributed by atoms with van der Waals surface area (Å²) >= 11 is 0. The van der Waals surface area contributed by atoms with Gasteiger partial charge in [-0.1, -0.05) is 18.2 Å². The fourth-order valence-electron chi connectivity index (χ4n) is 4.57. The predicted octanol–water partition coefficient (Wildman–Crippen LogP) is 3.60. The third kappa shape index (κ3) is 5.32. The van der Waals surface area contributed by atoms with E-state index in [1.165, 1.54) is 22.6 Å². The lowest BCUT2D eigenvalue weighted by Gasteiger charge is -2.29. The van der Waals surface area contributed by atoms with E-state index in [0.29, 0.717) is 24.7 Å². The van der Waals surface area contributed by atoms with Crippen LogP contribution in [-0.2, 0) is 22.7 Å². The summed E-state index contributed by atoms with van der Waals surface area (Å²) in [5.74, 6) is -0.977. The number of carbonyl (C=O) groups is 3. The Labute approximate surface area is 192 Å². The first-order valence-corrected chi connectivity index (χ1v) is 11.3. The summed E-state index contributed by atoms with van der Waals surface area (Å²) in [4.78, 5) is 39.2. The van der Waals surface area contributed by atoms with Crippen LogP contribution in [0.5, 0.6) is 0 Å². The predicted molar refractivity (Wildman–Crippen MR) is 123 cm³/mol. The first-order valence-electron chi connectivity index (χ1n) is 11.3. The Balaban J connectivity index is 1.26. The number of halogens is 1. The standard InChI is InChI=1S/C25H29FN4O3/c1-29(2)24(32)23(31)27-21-9-4-16(5-10-21)17-6-11-22(12-7-17)28-25(33)30-14-18-3-8-20(26)13-19(18)15-30/h3,6-8,11-13,16,21H,4-5,9-10,14-15H2,1-2H3,(H,27,31)(H,28,33). The zero-order chi connectivity index (χ0) is 23.5. The molecular formula is C25H29FN4O3. The summed E-state index contributed by atoms with van der Waals surface area (Å²) in [6.45, 7) is 0.871. The minimum atomic E-state index is -0.547. The van der Waals surface area contributed by atoms with Gasteiger partial charge in [-0.2, -0.15) is 0 Å². The highest BCUT2D eigenvalue weighted by molar-refractivity contribution is 6.34. The van der Waals surface area contributed by atoms with Gasteiger partial charge in [-0.05, 0) is 72.6 Å². The Morgan fingerprint density at radius 1 is 0.939 bits per heavy atom. The molecule has 33 heavy (non-hydrogen) atoms. The molecule has 4 amide bonds. The van der Waals surface area contributed by atoms with E-state index >= 15 is 0 Å². The molecule has 0 aromatic heterocycles. The summed E-state index contributed by atoms with van der Waals surface area (Å²) in [6, 6.07) is 12.3. The molecule has 0 bridgehead atoms. The first-order chi connectivity index (χ1) is 15.8. The van der Waals surface area contributed by atoms with Crippen LogP contribution in [0.3, 0.4) is 0 Å². The smallest absolute Gasteiger partial charge is 0.322 e. The molecule has 1 saturated carbocycles. The molecule has 0 unspecified atom stereocenters. The molecule has 2 aromatic rings. The number of urea groups is 1. The van der Waals surface area contributed by atoms with E-state index in [2.05, 4.69) is 10.6 Å². The Morgan fingerprint density at radius 3 is 2.27 bits per heavy atom. The Kier molecular flexibility index (Phi) is 6.62. The number of nitrogens with one attached hydrogen (secondary N) is 2. The van der Waals surface area contributed by atoms with Crippen LogP contribution in [0.25, 0.3) is 0 Å². The number of hydrogen-bond donors (Lipinski definition) is 2. The fraction of sp³-hybridized carbons (Fsp3) is 0.400. The number of benzene rings is 2. The van der Waals surface area contributed by atoms with E-state index in [-0.39, 0.29) is 17.9 Å². The van der Waals surface area contributed by atoms with Crippen molar-refractivity contribution in [3.8, 4) is 0 Å². The fourth-order valence-corrected chi connectivity index (χ4v) is 4.57. The maximum absolute atomic E-state index is 13.4. The average molecular weight is 453 g/mol. The molecule has 0 spiro atoms. The number of fused-ring (bicyclic) bond motifs is 1. The molecule has 1 heterocycles. The molecule has 1 aliphatic heterocycles. The van der Waals surface area contributed by atoms with Gasteiger partial charge in [0.15, 0.2) is 0 Å². The molecule has 0 atom stereocenters. The highest BCUT2D eigenvalue weighted by Gasteiger charge is 2.27. The Hall–Kier alpha value is -3.42. The quantitative estimate of drug-likeness (QED) is 0.698. The van der Waals surface area contributed by atoms with Gasteiger partial charge in [-0.25, -0.2) is 9.18 Å². The van der Waals surface area contributed by atoms with Crippen LogP contribution >= 0.6 is 0 Å². The van der Waals surface area contributed by atoms with Crippen molar-refractivity contribution in [3.63, 3.8) is 0 Å². The molecule has 2 aromatic carbocycles. The average Bonchev–Trinajstić information content (AvgIpc) is 3.23. The van der Waals surface area contributed by atoms with Crippen molar-refractivity contribution in [3.05, 3.63) is 65.0 Å². The van der Waals surface area contributed by atoms with Crippen LogP contribution in [-0.4, -0.2) is 47.8 Å². The van der Waals surface area contributed by atoms with Crippen LogP contribution in [0.1, 0.15) is 48.3 Å². The second-order valence-electron chi connectivity index (χ2n) is 9.04. The number of nitrogens with zero attached hydrogens (tertiary/aromatic N) is 2. The number of likely N-dealkylation sites (N-methyl/N-ethyl adjacent to an activating group) is 1. The third-order valence-electron chi connectivity index (χ3n) is 6.47.